The summed E-state index contributed by atoms with van der Waals surface area (Å²) in [4.78, 5) is 0. The summed E-state index contributed by atoms with van der Waals surface area (Å²) in [6, 6.07) is 8.32. The van der Waals surface area contributed by atoms with E-state index < -0.39 is 0 Å². The highest BCUT2D eigenvalue weighted by Crippen LogP contribution is 2.08. The predicted octanol–water partition coefficient (Wildman–Crippen LogP) is 4.31. The van der Waals surface area contributed by atoms with Gasteiger partial charge in [0.15, 0.2) is 0 Å². The third-order valence-electron chi connectivity index (χ3n) is 2.04. The van der Waals surface area contributed by atoms with Crippen LogP contribution in [0.15, 0.2) is 67.3 Å². The van der Waals surface area contributed by atoms with Crippen molar-refractivity contribution in [2.75, 3.05) is 0 Å². The minimum atomic E-state index is 1.26. The largest absolute Gasteiger partial charge is 0.0991 e. The van der Waals surface area contributed by atoms with E-state index in [1.54, 1.807) is 6.08 Å². The maximum absolute atomic E-state index is 3.60. The van der Waals surface area contributed by atoms with Gasteiger partial charge in [-0.3, -0.25) is 0 Å². The van der Waals surface area contributed by atoms with Crippen molar-refractivity contribution < 1.29 is 0 Å². The molecule has 0 saturated heterocycles. The molecule has 0 heteroatoms. The molecule has 0 saturated carbocycles. The molecule has 0 aliphatic carbocycles. The molecule has 15 heavy (non-hydrogen) atoms. The second kappa shape index (κ2) is 6.61. The Morgan fingerprint density at radius 3 is 2.33 bits per heavy atom. The molecule has 0 spiro atoms. The van der Waals surface area contributed by atoms with Gasteiger partial charge >= 0.3 is 0 Å². The highest BCUT2D eigenvalue weighted by molar-refractivity contribution is 5.54. The first-order valence-corrected chi connectivity index (χ1v) is 5.02. The fourth-order valence-corrected chi connectivity index (χ4v) is 1.20. The zero-order chi connectivity index (χ0) is 10.9. The number of rotatable bonds is 4. The van der Waals surface area contributed by atoms with Gasteiger partial charge in [0.1, 0.15) is 0 Å². The minimum absolute atomic E-state index is 1.26. The summed E-state index contributed by atoms with van der Waals surface area (Å²) < 4.78 is 0. The Balaban J connectivity index is 2.59. The van der Waals surface area contributed by atoms with Gasteiger partial charge in [-0.1, -0.05) is 73.4 Å². The van der Waals surface area contributed by atoms with Gasteiger partial charge in [0.25, 0.3) is 0 Å². The van der Waals surface area contributed by atoms with Crippen molar-refractivity contribution in [3.05, 3.63) is 78.4 Å². The van der Waals surface area contributed by atoms with Crippen LogP contribution in [0.2, 0.25) is 0 Å². The normalized spacial score (nSPS) is 11.8. The van der Waals surface area contributed by atoms with Crippen molar-refractivity contribution in [1.29, 1.82) is 0 Å². The Labute approximate surface area is 92.0 Å². The average molecular weight is 196 g/mol. The molecule has 0 aliphatic rings. The van der Waals surface area contributed by atoms with Crippen LogP contribution < -0.4 is 0 Å². The molecule has 0 atom stereocenters. The van der Waals surface area contributed by atoms with Crippen LogP contribution in [0, 0.1) is 6.92 Å². The zero-order valence-electron chi connectivity index (χ0n) is 9.06. The highest BCUT2D eigenvalue weighted by atomic mass is 13.9. The maximum Gasteiger partial charge on any atom is -0.0227 e. The maximum atomic E-state index is 3.60. The molecule has 0 unspecified atom stereocenters. The first kappa shape index (κ1) is 11.3. The second-order valence-electron chi connectivity index (χ2n) is 3.22. The van der Waals surface area contributed by atoms with Gasteiger partial charge in [-0.05, 0) is 18.1 Å². The van der Waals surface area contributed by atoms with Crippen molar-refractivity contribution in [2.45, 2.75) is 6.92 Å². The van der Waals surface area contributed by atoms with Crippen LogP contribution in [0.3, 0.4) is 0 Å². The van der Waals surface area contributed by atoms with Crippen LogP contribution in [0.1, 0.15) is 11.1 Å². The summed E-state index contributed by atoms with van der Waals surface area (Å²) in [5, 5.41) is 0. The molecule has 1 rings (SSSR count). The van der Waals surface area contributed by atoms with Crippen LogP contribution >= 0.6 is 0 Å². The lowest BCUT2D eigenvalue weighted by Gasteiger charge is -1.96. The van der Waals surface area contributed by atoms with Crippen LogP contribution in [0.4, 0.5) is 0 Å². The van der Waals surface area contributed by atoms with E-state index in [4.69, 9.17) is 0 Å². The Morgan fingerprint density at radius 2 is 1.60 bits per heavy atom. The van der Waals surface area contributed by atoms with Crippen molar-refractivity contribution in [1.82, 2.24) is 0 Å². The number of hydrogen-bond donors (Lipinski definition) is 0. The molecule has 0 nitrogen and oxygen atoms in total. The summed E-state index contributed by atoms with van der Waals surface area (Å²) in [5.41, 5.74) is 2.55. The van der Waals surface area contributed by atoms with Crippen molar-refractivity contribution in [3.63, 3.8) is 0 Å². The van der Waals surface area contributed by atoms with Gasteiger partial charge in [0.05, 0.1) is 0 Å². The molecule has 0 aromatic heterocycles. The van der Waals surface area contributed by atoms with Gasteiger partial charge in [0, 0.05) is 0 Å². The van der Waals surface area contributed by atoms with E-state index in [0.717, 1.165) is 0 Å². The van der Waals surface area contributed by atoms with Crippen LogP contribution in [0.5, 0.6) is 0 Å². The minimum Gasteiger partial charge on any atom is -0.0991 e. The van der Waals surface area contributed by atoms with Crippen molar-refractivity contribution >= 4 is 6.08 Å². The summed E-state index contributed by atoms with van der Waals surface area (Å²) >= 11 is 0. The molecule has 0 heterocycles. The number of aryl methyl sites for hydroxylation is 1. The fourth-order valence-electron chi connectivity index (χ4n) is 1.20. The Hall–Kier alpha value is -1.82. The molecule has 0 radical (unpaired) electrons. The van der Waals surface area contributed by atoms with E-state index in [-0.39, 0.29) is 0 Å². The van der Waals surface area contributed by atoms with Crippen LogP contribution in [-0.2, 0) is 0 Å². The third-order valence-corrected chi connectivity index (χ3v) is 2.04. The molecular weight excluding hydrogens is 180 g/mol. The topological polar surface area (TPSA) is 0 Å². The van der Waals surface area contributed by atoms with E-state index in [1.807, 2.05) is 36.4 Å². The zero-order valence-corrected chi connectivity index (χ0v) is 9.06. The second-order valence-corrected chi connectivity index (χ2v) is 3.22. The molecule has 0 bridgehead atoms. The molecular formula is C15H16. The van der Waals surface area contributed by atoms with E-state index >= 15 is 0 Å². The van der Waals surface area contributed by atoms with Gasteiger partial charge in [-0.25, -0.2) is 0 Å². The summed E-state index contributed by atoms with van der Waals surface area (Å²) in [6.07, 6.45) is 13.7. The van der Waals surface area contributed by atoms with Gasteiger partial charge in [-0.2, -0.15) is 0 Å². The summed E-state index contributed by atoms with van der Waals surface area (Å²) in [6.45, 7) is 5.71. The predicted molar refractivity (Wildman–Crippen MR) is 68.7 cm³/mol. The molecule has 0 fully saturated rings. The Kier molecular flexibility index (Phi) is 4.96. The van der Waals surface area contributed by atoms with Crippen LogP contribution in [0.25, 0.3) is 6.08 Å². The molecule has 0 amide bonds. The lowest BCUT2D eigenvalue weighted by molar-refractivity contribution is 1.44. The standard InChI is InChI=1S/C15H16/c1-3-4-5-6-7-8-12-15-13-10-9-11-14(15)2/h3-13H,1H2,2H3. The first-order valence-electron chi connectivity index (χ1n) is 5.02. The lowest BCUT2D eigenvalue weighted by atomic mass is 10.1. The molecule has 76 valence electrons. The van der Waals surface area contributed by atoms with E-state index in [1.165, 1.54) is 11.1 Å². The first-order chi connectivity index (χ1) is 7.34. The molecule has 0 N–H and O–H groups in total. The highest BCUT2D eigenvalue weighted by Gasteiger charge is 1.88. The van der Waals surface area contributed by atoms with E-state index in [9.17, 15) is 0 Å². The van der Waals surface area contributed by atoms with Gasteiger partial charge in [-0.15, -0.1) is 0 Å². The molecule has 0 aliphatic heterocycles. The third kappa shape index (κ3) is 4.28. The van der Waals surface area contributed by atoms with E-state index in [2.05, 4.69) is 37.8 Å². The Morgan fingerprint density at radius 1 is 0.933 bits per heavy atom. The quantitative estimate of drug-likeness (QED) is 0.629. The molecule has 1 aromatic carbocycles. The lowest BCUT2D eigenvalue weighted by Crippen LogP contribution is -1.76. The van der Waals surface area contributed by atoms with Gasteiger partial charge in [0.2, 0.25) is 0 Å². The van der Waals surface area contributed by atoms with Gasteiger partial charge < -0.3 is 0 Å². The SMILES string of the molecule is C=CC=CC=CC=Cc1ccccc1C. The van der Waals surface area contributed by atoms with E-state index in [0.29, 0.717) is 0 Å². The average Bonchev–Trinajstić information content (AvgIpc) is 2.25. The summed E-state index contributed by atoms with van der Waals surface area (Å²) in [5.74, 6) is 0. The van der Waals surface area contributed by atoms with Crippen molar-refractivity contribution in [2.24, 2.45) is 0 Å². The van der Waals surface area contributed by atoms with Crippen LogP contribution in [-0.4, -0.2) is 0 Å². The smallest absolute Gasteiger partial charge is 0.0227 e. The Bertz CT molecular complexity index is 392. The number of allylic oxidation sites excluding steroid dienone is 6. The van der Waals surface area contributed by atoms with Crippen molar-refractivity contribution in [3.8, 4) is 0 Å². The monoisotopic (exact) mass is 196 g/mol. The number of benzene rings is 1. The number of hydrogen-bond acceptors (Lipinski definition) is 0. The fraction of sp³-hybridized carbons (Fsp3) is 0.0667. The molecule has 1 aromatic rings. The summed E-state index contributed by atoms with van der Waals surface area (Å²) in [7, 11) is 0.